The summed E-state index contributed by atoms with van der Waals surface area (Å²) in [4.78, 5) is 14.0. The molecule has 0 saturated carbocycles. The zero-order chi connectivity index (χ0) is 15.2. The third-order valence-corrected chi connectivity index (χ3v) is 3.17. The van der Waals surface area contributed by atoms with Crippen LogP contribution >= 0.6 is 12.4 Å². The molecule has 1 amide bonds. The highest BCUT2D eigenvalue weighted by Gasteiger charge is 2.21. The highest BCUT2D eigenvalue weighted by Crippen LogP contribution is 2.20. The molecule has 0 spiro atoms. The number of nitrogens with zero attached hydrogens (tertiary/aromatic N) is 3. The number of nitrogens with one attached hydrogen (secondary N) is 1. The number of amides is 1. The minimum Gasteiger partial charge on any atom is -0.493 e. The van der Waals surface area contributed by atoms with Crippen LogP contribution in [0, 0.1) is 0 Å². The number of hydrogen-bond donors (Lipinski definition) is 1. The fourth-order valence-electron chi connectivity index (χ4n) is 1.93. The van der Waals surface area contributed by atoms with Crippen LogP contribution in [-0.4, -0.2) is 54.9 Å². The molecule has 0 aliphatic carbocycles. The molecule has 0 bridgehead atoms. The van der Waals surface area contributed by atoms with E-state index in [1.54, 1.807) is 22.8 Å². The van der Waals surface area contributed by atoms with E-state index in [1.807, 2.05) is 37.4 Å². The monoisotopic (exact) mass is 324 g/mol. The molecule has 22 heavy (non-hydrogen) atoms. The van der Waals surface area contributed by atoms with Crippen LogP contribution in [0.15, 0.2) is 36.5 Å². The number of carbonyl (C=O) groups is 1. The number of para-hydroxylation sites is 1. The zero-order valence-electron chi connectivity index (χ0n) is 12.9. The normalized spacial score (nSPS) is 9.95. The molecular weight excluding hydrogens is 304 g/mol. The molecule has 0 aliphatic rings. The maximum Gasteiger partial charge on any atom is 0.278 e. The average Bonchev–Trinajstić information content (AvgIpc) is 2.97. The van der Waals surface area contributed by atoms with Crippen molar-refractivity contribution in [2.75, 3.05) is 34.3 Å². The summed E-state index contributed by atoms with van der Waals surface area (Å²) in [6, 6.07) is 9.62. The van der Waals surface area contributed by atoms with E-state index >= 15 is 0 Å². The Morgan fingerprint density at radius 3 is 2.64 bits per heavy atom. The Morgan fingerprint density at radius 1 is 1.36 bits per heavy atom. The molecule has 0 saturated heterocycles. The van der Waals surface area contributed by atoms with E-state index in [0.29, 0.717) is 18.0 Å². The summed E-state index contributed by atoms with van der Waals surface area (Å²) < 4.78 is 6.93. The molecule has 2 aromatic rings. The van der Waals surface area contributed by atoms with Gasteiger partial charge in [-0.05, 0) is 19.2 Å². The standard InChI is InChI=1S/C15H20N4O2.ClH/c1-16-9-10-18(2)15(20)14-13(21-3)11-19(17-14)12-7-5-4-6-8-12;/h4-8,11,16H,9-10H2,1-3H3;1H. The van der Waals surface area contributed by atoms with E-state index in [0.717, 1.165) is 12.2 Å². The highest BCUT2D eigenvalue weighted by molar-refractivity contribution is 5.94. The van der Waals surface area contributed by atoms with Gasteiger partial charge in [-0.3, -0.25) is 4.79 Å². The Morgan fingerprint density at radius 2 is 2.05 bits per heavy atom. The number of likely N-dealkylation sites (N-methyl/N-ethyl adjacent to an activating group) is 2. The second-order valence-electron chi connectivity index (χ2n) is 4.66. The number of ether oxygens (including phenoxy) is 1. The summed E-state index contributed by atoms with van der Waals surface area (Å²) in [5.74, 6) is 0.317. The Balaban J connectivity index is 0.00000242. The summed E-state index contributed by atoms with van der Waals surface area (Å²) in [5.41, 5.74) is 1.20. The molecule has 0 fully saturated rings. The van der Waals surface area contributed by atoms with Crippen LogP contribution in [0.5, 0.6) is 5.75 Å². The third kappa shape index (κ3) is 3.99. The van der Waals surface area contributed by atoms with Crippen LogP contribution in [-0.2, 0) is 0 Å². The van der Waals surface area contributed by atoms with Crippen molar-refractivity contribution >= 4 is 18.3 Å². The largest absolute Gasteiger partial charge is 0.493 e. The van der Waals surface area contributed by atoms with Gasteiger partial charge in [-0.1, -0.05) is 18.2 Å². The SMILES string of the molecule is CNCCN(C)C(=O)c1nn(-c2ccccc2)cc1OC.Cl. The summed E-state index contributed by atoms with van der Waals surface area (Å²) in [7, 11) is 5.14. The highest BCUT2D eigenvalue weighted by atomic mass is 35.5. The first-order valence-corrected chi connectivity index (χ1v) is 6.76. The minimum atomic E-state index is -0.156. The van der Waals surface area contributed by atoms with Gasteiger partial charge in [0.15, 0.2) is 11.4 Å². The van der Waals surface area contributed by atoms with Gasteiger partial charge in [0, 0.05) is 20.1 Å². The van der Waals surface area contributed by atoms with Crippen molar-refractivity contribution in [3.05, 3.63) is 42.2 Å². The Labute approximate surface area is 136 Å². The van der Waals surface area contributed by atoms with Crippen LogP contribution in [0.25, 0.3) is 5.69 Å². The average molecular weight is 325 g/mol. The van der Waals surface area contributed by atoms with E-state index in [4.69, 9.17) is 4.74 Å². The van der Waals surface area contributed by atoms with Crippen LogP contribution in [0.2, 0.25) is 0 Å². The predicted molar refractivity (Wildman–Crippen MR) is 88.3 cm³/mol. The number of rotatable bonds is 6. The molecule has 0 unspecified atom stereocenters. The molecule has 120 valence electrons. The predicted octanol–water partition coefficient (Wildman–Crippen LogP) is 1.59. The van der Waals surface area contributed by atoms with Gasteiger partial charge in [-0.25, -0.2) is 4.68 Å². The summed E-state index contributed by atoms with van der Waals surface area (Å²) in [6.07, 6.45) is 1.72. The van der Waals surface area contributed by atoms with E-state index in [1.165, 1.54) is 7.11 Å². The van der Waals surface area contributed by atoms with E-state index in [-0.39, 0.29) is 18.3 Å². The number of benzene rings is 1. The molecule has 7 heteroatoms. The van der Waals surface area contributed by atoms with Gasteiger partial charge >= 0.3 is 0 Å². The maximum absolute atomic E-state index is 12.4. The Bertz CT molecular complexity index is 601. The van der Waals surface area contributed by atoms with Crippen molar-refractivity contribution in [3.8, 4) is 11.4 Å². The molecule has 0 aliphatic heterocycles. The number of methoxy groups -OCH3 is 1. The van der Waals surface area contributed by atoms with E-state index < -0.39 is 0 Å². The molecular formula is C15H21ClN4O2. The van der Waals surface area contributed by atoms with Gasteiger partial charge in [0.2, 0.25) is 0 Å². The topological polar surface area (TPSA) is 59.4 Å². The van der Waals surface area contributed by atoms with Crippen LogP contribution in [0.3, 0.4) is 0 Å². The van der Waals surface area contributed by atoms with Crippen molar-refractivity contribution in [3.63, 3.8) is 0 Å². The van der Waals surface area contributed by atoms with Gasteiger partial charge < -0.3 is 15.0 Å². The molecule has 0 radical (unpaired) electrons. The fraction of sp³-hybridized carbons (Fsp3) is 0.333. The Kier molecular flexibility index (Phi) is 6.88. The summed E-state index contributed by atoms with van der Waals surface area (Å²) >= 11 is 0. The van der Waals surface area contributed by atoms with Gasteiger partial charge in [0.25, 0.3) is 5.91 Å². The lowest BCUT2D eigenvalue weighted by molar-refractivity contribution is 0.0787. The number of aromatic nitrogens is 2. The van der Waals surface area contributed by atoms with Crippen LogP contribution in [0.4, 0.5) is 0 Å². The van der Waals surface area contributed by atoms with Crippen LogP contribution in [0.1, 0.15) is 10.5 Å². The van der Waals surface area contributed by atoms with Gasteiger partial charge in [-0.2, -0.15) is 5.10 Å². The quantitative estimate of drug-likeness (QED) is 0.876. The zero-order valence-corrected chi connectivity index (χ0v) is 13.8. The smallest absolute Gasteiger partial charge is 0.278 e. The number of carbonyl (C=O) groups excluding carboxylic acids is 1. The molecule has 1 heterocycles. The number of halogens is 1. The van der Waals surface area contributed by atoms with Crippen molar-refractivity contribution in [1.29, 1.82) is 0 Å². The number of hydrogen-bond acceptors (Lipinski definition) is 4. The lowest BCUT2D eigenvalue weighted by atomic mass is 10.3. The second kappa shape index (κ2) is 8.41. The lowest BCUT2D eigenvalue weighted by Crippen LogP contribution is -2.33. The first kappa shape index (κ1) is 18.0. The van der Waals surface area contributed by atoms with E-state index in [2.05, 4.69) is 10.4 Å². The molecule has 1 aromatic carbocycles. The van der Waals surface area contributed by atoms with Gasteiger partial charge in [0.05, 0.1) is 19.0 Å². The molecule has 1 aromatic heterocycles. The molecule has 1 N–H and O–H groups in total. The first-order chi connectivity index (χ1) is 10.2. The molecule has 0 atom stereocenters. The Hall–Kier alpha value is -2.05. The summed E-state index contributed by atoms with van der Waals surface area (Å²) in [6.45, 7) is 1.33. The lowest BCUT2D eigenvalue weighted by Gasteiger charge is -2.15. The second-order valence-corrected chi connectivity index (χ2v) is 4.66. The van der Waals surface area contributed by atoms with Crippen molar-refractivity contribution in [2.24, 2.45) is 0 Å². The molecule has 6 nitrogen and oxygen atoms in total. The third-order valence-electron chi connectivity index (χ3n) is 3.17. The van der Waals surface area contributed by atoms with Crippen molar-refractivity contribution < 1.29 is 9.53 Å². The summed E-state index contributed by atoms with van der Waals surface area (Å²) in [5, 5.41) is 7.37. The van der Waals surface area contributed by atoms with Gasteiger partial charge in [-0.15, -0.1) is 12.4 Å². The minimum absolute atomic E-state index is 0. The first-order valence-electron chi connectivity index (χ1n) is 6.76. The van der Waals surface area contributed by atoms with Gasteiger partial charge in [0.1, 0.15) is 0 Å². The van der Waals surface area contributed by atoms with Crippen molar-refractivity contribution in [2.45, 2.75) is 0 Å². The maximum atomic E-state index is 12.4. The molecule has 2 rings (SSSR count). The van der Waals surface area contributed by atoms with Crippen molar-refractivity contribution in [1.82, 2.24) is 20.0 Å². The van der Waals surface area contributed by atoms with E-state index in [9.17, 15) is 4.79 Å². The fourth-order valence-corrected chi connectivity index (χ4v) is 1.93. The van der Waals surface area contributed by atoms with Crippen LogP contribution < -0.4 is 10.1 Å².